The zero-order valence-electron chi connectivity index (χ0n) is 14.4. The van der Waals surface area contributed by atoms with Crippen LogP contribution < -0.4 is 5.73 Å². The normalized spacial score (nSPS) is 20.3. The third-order valence-electron chi connectivity index (χ3n) is 5.11. The highest BCUT2D eigenvalue weighted by Gasteiger charge is 2.35. The van der Waals surface area contributed by atoms with Crippen LogP contribution in [0.25, 0.3) is 0 Å². The number of carbonyl (C=O) groups excluding carboxylic acids is 1. The average molecular weight is 322 g/mol. The van der Waals surface area contributed by atoms with Crippen molar-refractivity contribution in [1.82, 2.24) is 4.90 Å². The number of carbonyl (C=O) groups is 1. The number of rotatable bonds is 5. The fourth-order valence-electron chi connectivity index (χ4n) is 3.45. The Morgan fingerprint density at radius 1 is 1.08 bits per heavy atom. The monoisotopic (exact) mass is 322 g/mol. The topological polar surface area (TPSA) is 46.3 Å². The van der Waals surface area contributed by atoms with Gasteiger partial charge >= 0.3 is 0 Å². The predicted molar refractivity (Wildman–Crippen MR) is 98.6 cm³/mol. The first-order valence-corrected chi connectivity index (χ1v) is 8.70. The number of nitrogen functional groups attached to an aromatic ring is 1. The summed E-state index contributed by atoms with van der Waals surface area (Å²) in [5, 5.41) is 0. The van der Waals surface area contributed by atoms with E-state index >= 15 is 0 Å². The molecule has 1 aliphatic rings. The molecule has 1 unspecified atom stereocenters. The van der Waals surface area contributed by atoms with E-state index in [1.807, 2.05) is 29.2 Å². The SMILES string of the molecule is CC1(CCc2ccccc2)CCN(C(=O)Cc2ccc(N)cc2)C1. The quantitative estimate of drug-likeness (QED) is 0.854. The Balaban J connectivity index is 1.53. The van der Waals surface area contributed by atoms with Crippen molar-refractivity contribution in [2.24, 2.45) is 5.41 Å². The number of benzene rings is 2. The number of hydrogen-bond acceptors (Lipinski definition) is 2. The Hall–Kier alpha value is -2.29. The maximum Gasteiger partial charge on any atom is 0.227 e. The Labute approximate surface area is 144 Å². The second kappa shape index (κ2) is 7.08. The molecule has 1 aliphatic heterocycles. The molecule has 24 heavy (non-hydrogen) atoms. The molecule has 3 heteroatoms. The van der Waals surface area contributed by atoms with Crippen LogP contribution in [0.15, 0.2) is 54.6 Å². The summed E-state index contributed by atoms with van der Waals surface area (Å²) >= 11 is 0. The number of likely N-dealkylation sites (tertiary alicyclic amines) is 1. The highest BCUT2D eigenvalue weighted by atomic mass is 16.2. The first-order chi connectivity index (χ1) is 11.5. The minimum Gasteiger partial charge on any atom is -0.399 e. The molecule has 3 rings (SSSR count). The van der Waals surface area contributed by atoms with Crippen LogP contribution in [0, 0.1) is 5.41 Å². The molecule has 1 fully saturated rings. The molecule has 0 aromatic heterocycles. The molecule has 2 aromatic rings. The van der Waals surface area contributed by atoms with Gasteiger partial charge in [0, 0.05) is 18.8 Å². The van der Waals surface area contributed by atoms with E-state index in [9.17, 15) is 4.79 Å². The van der Waals surface area contributed by atoms with Crippen molar-refractivity contribution in [2.75, 3.05) is 18.8 Å². The first kappa shape index (κ1) is 16.6. The Morgan fingerprint density at radius 3 is 2.50 bits per heavy atom. The minimum absolute atomic E-state index is 0.225. The summed E-state index contributed by atoms with van der Waals surface area (Å²) in [6.07, 6.45) is 3.77. The molecule has 0 saturated carbocycles. The first-order valence-electron chi connectivity index (χ1n) is 8.70. The lowest BCUT2D eigenvalue weighted by Gasteiger charge is -2.25. The van der Waals surface area contributed by atoms with Crippen molar-refractivity contribution in [3.63, 3.8) is 0 Å². The number of nitrogens with zero attached hydrogens (tertiary/aromatic N) is 1. The Bertz CT molecular complexity index is 681. The van der Waals surface area contributed by atoms with Gasteiger partial charge in [-0.3, -0.25) is 4.79 Å². The standard InChI is InChI=1S/C21H26N2O/c1-21(12-11-17-5-3-2-4-6-17)13-14-23(16-21)20(24)15-18-7-9-19(22)10-8-18/h2-10H,11-16,22H2,1H3. The Morgan fingerprint density at radius 2 is 1.79 bits per heavy atom. The molecule has 0 bridgehead atoms. The van der Waals surface area contributed by atoms with Gasteiger partial charge in [-0.15, -0.1) is 0 Å². The van der Waals surface area contributed by atoms with Crippen LogP contribution in [-0.2, 0) is 17.6 Å². The van der Waals surface area contributed by atoms with Gasteiger partial charge in [-0.2, -0.15) is 0 Å². The predicted octanol–water partition coefficient (Wildman–Crippen LogP) is 3.68. The summed E-state index contributed by atoms with van der Waals surface area (Å²) in [5.74, 6) is 0.225. The molecule has 126 valence electrons. The van der Waals surface area contributed by atoms with Crippen LogP contribution in [0.2, 0.25) is 0 Å². The molecular formula is C21H26N2O. The lowest BCUT2D eigenvalue weighted by Crippen LogP contribution is -2.32. The molecule has 2 N–H and O–H groups in total. The number of amides is 1. The van der Waals surface area contributed by atoms with E-state index in [4.69, 9.17) is 5.73 Å². The second-order valence-electron chi connectivity index (χ2n) is 7.28. The van der Waals surface area contributed by atoms with Crippen molar-refractivity contribution in [3.05, 3.63) is 65.7 Å². The summed E-state index contributed by atoms with van der Waals surface area (Å²) in [5.41, 5.74) is 9.08. The molecule has 1 heterocycles. The van der Waals surface area contributed by atoms with Gasteiger partial charge < -0.3 is 10.6 Å². The van der Waals surface area contributed by atoms with Crippen LogP contribution in [0.5, 0.6) is 0 Å². The Kier molecular flexibility index (Phi) is 4.89. The molecular weight excluding hydrogens is 296 g/mol. The van der Waals surface area contributed by atoms with Gasteiger partial charge in [-0.1, -0.05) is 49.4 Å². The third kappa shape index (κ3) is 4.16. The van der Waals surface area contributed by atoms with Gasteiger partial charge in [0.1, 0.15) is 0 Å². The smallest absolute Gasteiger partial charge is 0.227 e. The van der Waals surface area contributed by atoms with Crippen LogP contribution in [-0.4, -0.2) is 23.9 Å². The van der Waals surface area contributed by atoms with E-state index in [0.717, 1.165) is 43.6 Å². The number of nitrogens with two attached hydrogens (primary N) is 1. The van der Waals surface area contributed by atoms with Gasteiger partial charge in [0.05, 0.1) is 6.42 Å². The van der Waals surface area contributed by atoms with E-state index in [0.29, 0.717) is 6.42 Å². The summed E-state index contributed by atoms with van der Waals surface area (Å²) in [7, 11) is 0. The van der Waals surface area contributed by atoms with Crippen molar-refractivity contribution in [1.29, 1.82) is 0 Å². The molecule has 0 spiro atoms. The molecule has 0 radical (unpaired) electrons. The highest BCUT2D eigenvalue weighted by Crippen LogP contribution is 2.34. The highest BCUT2D eigenvalue weighted by molar-refractivity contribution is 5.79. The van der Waals surface area contributed by atoms with Crippen molar-refractivity contribution < 1.29 is 4.79 Å². The second-order valence-corrected chi connectivity index (χ2v) is 7.28. The van der Waals surface area contributed by atoms with Gasteiger partial charge in [-0.05, 0) is 47.9 Å². The summed E-state index contributed by atoms with van der Waals surface area (Å²) in [6.45, 7) is 4.05. The minimum atomic E-state index is 0.225. The van der Waals surface area contributed by atoms with E-state index in [-0.39, 0.29) is 11.3 Å². The van der Waals surface area contributed by atoms with E-state index in [1.54, 1.807) is 0 Å². The van der Waals surface area contributed by atoms with Crippen LogP contribution in [0.3, 0.4) is 0 Å². The third-order valence-corrected chi connectivity index (χ3v) is 5.11. The lowest BCUT2D eigenvalue weighted by atomic mass is 9.83. The molecule has 1 atom stereocenters. The summed E-state index contributed by atoms with van der Waals surface area (Å²) in [4.78, 5) is 14.6. The van der Waals surface area contributed by atoms with E-state index < -0.39 is 0 Å². The zero-order valence-corrected chi connectivity index (χ0v) is 14.4. The van der Waals surface area contributed by atoms with Crippen LogP contribution in [0.4, 0.5) is 5.69 Å². The molecule has 1 amide bonds. The van der Waals surface area contributed by atoms with Gasteiger partial charge in [0.25, 0.3) is 0 Å². The van der Waals surface area contributed by atoms with Crippen LogP contribution in [0.1, 0.15) is 30.9 Å². The molecule has 3 nitrogen and oxygen atoms in total. The van der Waals surface area contributed by atoms with E-state index in [2.05, 4.69) is 37.3 Å². The fraction of sp³-hybridized carbons (Fsp3) is 0.381. The van der Waals surface area contributed by atoms with Crippen LogP contribution >= 0.6 is 0 Å². The molecule has 1 saturated heterocycles. The summed E-state index contributed by atoms with van der Waals surface area (Å²) < 4.78 is 0. The zero-order chi connectivity index (χ0) is 17.0. The van der Waals surface area contributed by atoms with Crippen molar-refractivity contribution >= 4 is 11.6 Å². The van der Waals surface area contributed by atoms with Gasteiger partial charge in [0.15, 0.2) is 0 Å². The van der Waals surface area contributed by atoms with Crippen molar-refractivity contribution in [3.8, 4) is 0 Å². The maximum absolute atomic E-state index is 12.6. The lowest BCUT2D eigenvalue weighted by molar-refractivity contribution is -0.129. The largest absolute Gasteiger partial charge is 0.399 e. The average Bonchev–Trinajstić information content (AvgIpc) is 2.99. The van der Waals surface area contributed by atoms with Crippen molar-refractivity contribution in [2.45, 2.75) is 32.6 Å². The molecule has 2 aromatic carbocycles. The summed E-state index contributed by atoms with van der Waals surface area (Å²) in [6, 6.07) is 18.2. The molecule has 0 aliphatic carbocycles. The number of hydrogen-bond donors (Lipinski definition) is 1. The number of anilines is 1. The van der Waals surface area contributed by atoms with E-state index in [1.165, 1.54) is 5.56 Å². The number of aryl methyl sites for hydroxylation is 1. The van der Waals surface area contributed by atoms with Gasteiger partial charge in [-0.25, -0.2) is 0 Å². The maximum atomic E-state index is 12.6. The van der Waals surface area contributed by atoms with Gasteiger partial charge in [0.2, 0.25) is 5.91 Å². The fourth-order valence-corrected chi connectivity index (χ4v) is 3.45.